The van der Waals surface area contributed by atoms with Gasteiger partial charge >= 0.3 is 5.97 Å². The molecule has 0 aliphatic rings. The van der Waals surface area contributed by atoms with E-state index in [1.807, 2.05) is 0 Å². The summed E-state index contributed by atoms with van der Waals surface area (Å²) >= 11 is 0. The predicted octanol–water partition coefficient (Wildman–Crippen LogP) is 2.56. The molecule has 0 heterocycles. The number of carbonyl (C=O) groups is 1. The molecule has 4 nitrogen and oxygen atoms in total. The van der Waals surface area contributed by atoms with Crippen LogP contribution >= 0.6 is 0 Å². The van der Waals surface area contributed by atoms with Crippen LogP contribution in [0.1, 0.15) is 21.5 Å². The van der Waals surface area contributed by atoms with Crippen LogP contribution in [0.5, 0.6) is 0 Å². The molecule has 0 bridgehead atoms. The number of hydrogen-bond acceptors (Lipinski definition) is 3. The molecule has 1 N–H and O–H groups in total. The second-order valence-electron chi connectivity index (χ2n) is 4.09. The molecular formula is C15H11NO3S. The van der Waals surface area contributed by atoms with E-state index < -0.39 is 16.8 Å². The molecule has 0 fully saturated rings. The van der Waals surface area contributed by atoms with Crippen molar-refractivity contribution in [3.8, 4) is 6.07 Å². The number of aromatic carboxylic acids is 1. The van der Waals surface area contributed by atoms with Crippen LogP contribution in [0.4, 0.5) is 0 Å². The zero-order valence-electron chi connectivity index (χ0n) is 10.4. The Morgan fingerprint density at radius 1 is 1.20 bits per heavy atom. The Bertz CT molecular complexity index is 719. The van der Waals surface area contributed by atoms with Crippen LogP contribution in [-0.4, -0.2) is 15.3 Å². The summed E-state index contributed by atoms with van der Waals surface area (Å²) in [6, 6.07) is 15.0. The summed E-state index contributed by atoms with van der Waals surface area (Å²) in [5, 5.41) is 17.9. The van der Waals surface area contributed by atoms with E-state index in [0.717, 1.165) is 0 Å². The van der Waals surface area contributed by atoms with Crippen LogP contribution in [0, 0.1) is 11.3 Å². The van der Waals surface area contributed by atoms with Crippen LogP contribution in [-0.2, 0) is 16.6 Å². The first kappa shape index (κ1) is 14.0. The second kappa shape index (κ2) is 6.13. The Morgan fingerprint density at radius 3 is 2.65 bits per heavy atom. The van der Waals surface area contributed by atoms with E-state index in [0.29, 0.717) is 16.0 Å². The highest BCUT2D eigenvalue weighted by Gasteiger charge is 2.11. The summed E-state index contributed by atoms with van der Waals surface area (Å²) in [6.45, 7) is 0. The van der Waals surface area contributed by atoms with E-state index >= 15 is 0 Å². The maximum absolute atomic E-state index is 12.3. The number of rotatable bonds is 4. The third-order valence-electron chi connectivity index (χ3n) is 2.77. The van der Waals surface area contributed by atoms with E-state index in [2.05, 4.69) is 6.07 Å². The fraction of sp³-hybridized carbons (Fsp3) is 0.0667. The maximum atomic E-state index is 12.3. The van der Waals surface area contributed by atoms with Gasteiger partial charge in [-0.1, -0.05) is 24.3 Å². The van der Waals surface area contributed by atoms with Gasteiger partial charge in [0, 0.05) is 4.90 Å². The van der Waals surface area contributed by atoms with Crippen LogP contribution in [0.25, 0.3) is 0 Å². The first-order valence-electron chi connectivity index (χ1n) is 5.81. The lowest BCUT2D eigenvalue weighted by molar-refractivity contribution is 0.0696. The van der Waals surface area contributed by atoms with Gasteiger partial charge in [0.1, 0.15) is 0 Å². The smallest absolute Gasteiger partial charge is 0.335 e. The number of carboxylic acid groups (broad SMARTS) is 1. The standard InChI is InChI=1S/C15H11NO3S/c16-9-12-4-1-2-5-13(12)10-20(19)14-7-3-6-11(8-14)15(17)18/h1-8H,10H2,(H,17,18). The van der Waals surface area contributed by atoms with Crippen molar-refractivity contribution >= 4 is 16.8 Å². The number of nitriles is 1. The van der Waals surface area contributed by atoms with Gasteiger partial charge in [0.05, 0.1) is 33.7 Å². The molecule has 0 spiro atoms. The highest BCUT2D eigenvalue weighted by atomic mass is 32.2. The van der Waals surface area contributed by atoms with E-state index in [9.17, 15) is 9.00 Å². The molecule has 5 heteroatoms. The summed E-state index contributed by atoms with van der Waals surface area (Å²) in [4.78, 5) is 11.3. The minimum absolute atomic E-state index is 0.101. The van der Waals surface area contributed by atoms with Crippen molar-refractivity contribution in [1.82, 2.24) is 0 Å². The minimum Gasteiger partial charge on any atom is -0.478 e. The van der Waals surface area contributed by atoms with E-state index in [4.69, 9.17) is 10.4 Å². The average molecular weight is 285 g/mol. The molecule has 0 radical (unpaired) electrons. The van der Waals surface area contributed by atoms with Crippen LogP contribution < -0.4 is 0 Å². The van der Waals surface area contributed by atoms with Gasteiger partial charge in [-0.05, 0) is 29.8 Å². The first-order chi connectivity index (χ1) is 9.61. The van der Waals surface area contributed by atoms with Crippen molar-refractivity contribution in [3.05, 3.63) is 65.2 Å². The molecule has 2 aromatic rings. The molecule has 20 heavy (non-hydrogen) atoms. The molecule has 0 amide bonds. The summed E-state index contributed by atoms with van der Waals surface area (Å²) in [5.41, 5.74) is 1.27. The second-order valence-corrected chi connectivity index (χ2v) is 5.54. The Kier molecular flexibility index (Phi) is 4.28. The monoisotopic (exact) mass is 285 g/mol. The SMILES string of the molecule is N#Cc1ccccc1CS(=O)c1cccc(C(=O)O)c1. The van der Waals surface area contributed by atoms with E-state index in [1.165, 1.54) is 12.1 Å². The predicted molar refractivity (Wildman–Crippen MR) is 74.7 cm³/mol. The highest BCUT2D eigenvalue weighted by molar-refractivity contribution is 7.84. The molecule has 0 saturated heterocycles. The average Bonchev–Trinajstić information content (AvgIpc) is 2.48. The van der Waals surface area contributed by atoms with Crippen molar-refractivity contribution in [2.24, 2.45) is 0 Å². The molecule has 0 saturated carbocycles. The minimum atomic E-state index is -1.39. The number of benzene rings is 2. The van der Waals surface area contributed by atoms with Gasteiger partial charge in [-0.25, -0.2) is 4.79 Å². The fourth-order valence-electron chi connectivity index (χ4n) is 1.75. The fourth-order valence-corrected chi connectivity index (χ4v) is 2.94. The van der Waals surface area contributed by atoms with Crippen LogP contribution in [0.2, 0.25) is 0 Å². The zero-order chi connectivity index (χ0) is 14.5. The van der Waals surface area contributed by atoms with Gasteiger partial charge in [0.25, 0.3) is 0 Å². The third-order valence-corrected chi connectivity index (χ3v) is 4.12. The Labute approximate surface area is 118 Å². The lowest BCUT2D eigenvalue weighted by Gasteiger charge is -2.05. The molecule has 0 aliphatic carbocycles. The van der Waals surface area contributed by atoms with Crippen LogP contribution in [0.3, 0.4) is 0 Å². The number of nitrogens with zero attached hydrogens (tertiary/aromatic N) is 1. The topological polar surface area (TPSA) is 78.2 Å². The Hall–Kier alpha value is -2.45. The molecule has 1 unspecified atom stereocenters. The van der Waals surface area contributed by atoms with E-state index in [1.54, 1.807) is 36.4 Å². The van der Waals surface area contributed by atoms with Gasteiger partial charge in [0.2, 0.25) is 0 Å². The van der Waals surface area contributed by atoms with Gasteiger partial charge in [-0.2, -0.15) is 5.26 Å². The van der Waals surface area contributed by atoms with Crippen LogP contribution in [0.15, 0.2) is 53.4 Å². The molecular weight excluding hydrogens is 274 g/mol. The van der Waals surface area contributed by atoms with Gasteiger partial charge in [-0.3, -0.25) is 4.21 Å². The molecule has 2 rings (SSSR count). The van der Waals surface area contributed by atoms with Crippen molar-refractivity contribution in [2.45, 2.75) is 10.6 Å². The Morgan fingerprint density at radius 2 is 1.95 bits per heavy atom. The number of carboxylic acids is 1. The van der Waals surface area contributed by atoms with Crippen molar-refractivity contribution in [3.63, 3.8) is 0 Å². The van der Waals surface area contributed by atoms with E-state index in [-0.39, 0.29) is 11.3 Å². The molecule has 100 valence electrons. The van der Waals surface area contributed by atoms with Crippen molar-refractivity contribution in [2.75, 3.05) is 0 Å². The van der Waals surface area contributed by atoms with Crippen molar-refractivity contribution in [1.29, 1.82) is 5.26 Å². The summed E-state index contributed by atoms with van der Waals surface area (Å²) in [6.07, 6.45) is 0. The first-order valence-corrected chi connectivity index (χ1v) is 7.13. The van der Waals surface area contributed by atoms with Crippen molar-refractivity contribution < 1.29 is 14.1 Å². The Balaban J connectivity index is 2.27. The lowest BCUT2D eigenvalue weighted by atomic mass is 10.1. The summed E-state index contributed by atoms with van der Waals surface area (Å²) in [5.74, 6) is -0.867. The zero-order valence-corrected chi connectivity index (χ0v) is 11.3. The molecule has 0 aliphatic heterocycles. The highest BCUT2D eigenvalue weighted by Crippen LogP contribution is 2.16. The summed E-state index contributed by atoms with van der Waals surface area (Å²) < 4.78 is 12.3. The maximum Gasteiger partial charge on any atom is 0.335 e. The largest absolute Gasteiger partial charge is 0.478 e. The lowest BCUT2D eigenvalue weighted by Crippen LogP contribution is -2.01. The molecule has 2 aromatic carbocycles. The number of hydrogen-bond donors (Lipinski definition) is 1. The summed E-state index contributed by atoms with van der Waals surface area (Å²) in [7, 11) is -1.39. The third kappa shape index (κ3) is 3.11. The normalized spacial score (nSPS) is 11.6. The quantitative estimate of drug-likeness (QED) is 0.936. The van der Waals surface area contributed by atoms with Gasteiger partial charge in [0.15, 0.2) is 0 Å². The van der Waals surface area contributed by atoms with Gasteiger partial charge < -0.3 is 5.11 Å². The molecule has 0 aromatic heterocycles. The molecule has 1 atom stereocenters. The van der Waals surface area contributed by atoms with Gasteiger partial charge in [-0.15, -0.1) is 0 Å².